The lowest BCUT2D eigenvalue weighted by atomic mass is 10.1. The molecule has 1 aromatic carbocycles. The maximum Gasteiger partial charge on any atom is 0.254 e. The van der Waals surface area contributed by atoms with E-state index in [-0.39, 0.29) is 30.0 Å². The zero-order valence-electron chi connectivity index (χ0n) is 15.5. The molecule has 2 heterocycles. The van der Waals surface area contributed by atoms with Gasteiger partial charge in [0.05, 0.1) is 12.8 Å². The van der Waals surface area contributed by atoms with Crippen LogP contribution in [0.5, 0.6) is 5.75 Å². The molecule has 0 bridgehead atoms. The summed E-state index contributed by atoms with van der Waals surface area (Å²) in [7, 11) is 1.43. The van der Waals surface area contributed by atoms with E-state index in [4.69, 9.17) is 4.74 Å². The number of H-pyrrole nitrogens is 1. The molecule has 0 fully saturated rings. The molecule has 0 atom stereocenters. The summed E-state index contributed by atoms with van der Waals surface area (Å²) < 4.78 is 18.5. The predicted octanol–water partition coefficient (Wildman–Crippen LogP) is 2.86. The summed E-state index contributed by atoms with van der Waals surface area (Å²) in [5.74, 6) is -0.0721. The number of methoxy groups -OCH3 is 1. The van der Waals surface area contributed by atoms with Gasteiger partial charge in [-0.05, 0) is 37.6 Å². The Balaban J connectivity index is 1.72. The van der Waals surface area contributed by atoms with Crippen molar-refractivity contribution in [2.24, 2.45) is 0 Å². The van der Waals surface area contributed by atoms with Gasteiger partial charge in [-0.3, -0.25) is 14.6 Å². The second kappa shape index (κ2) is 8.43. The van der Waals surface area contributed by atoms with E-state index in [0.29, 0.717) is 28.4 Å². The molecule has 0 aliphatic heterocycles. The number of aryl methyl sites for hydroxylation is 1. The Bertz CT molecular complexity index is 1050. The molecule has 144 valence electrons. The number of aromatic amines is 1. The fourth-order valence-corrected chi connectivity index (χ4v) is 2.77. The number of ether oxygens (including phenoxy) is 1. The Morgan fingerprint density at radius 3 is 2.82 bits per heavy atom. The molecule has 0 saturated carbocycles. The Hall–Kier alpha value is -3.55. The lowest BCUT2D eigenvalue weighted by Gasteiger charge is -2.11. The van der Waals surface area contributed by atoms with Crippen LogP contribution in [-0.2, 0) is 11.2 Å². The molecule has 2 N–H and O–H groups in total. The first kappa shape index (κ1) is 19.2. The van der Waals surface area contributed by atoms with Crippen LogP contribution in [0.3, 0.4) is 0 Å². The molecule has 0 unspecified atom stereocenters. The second-order valence-corrected chi connectivity index (χ2v) is 6.11. The number of anilines is 1. The van der Waals surface area contributed by atoms with Gasteiger partial charge in [0.15, 0.2) is 0 Å². The average Bonchev–Trinajstić information content (AvgIpc) is 2.68. The van der Waals surface area contributed by atoms with E-state index < -0.39 is 5.82 Å². The summed E-state index contributed by atoms with van der Waals surface area (Å²) in [6.07, 6.45) is 3.48. The van der Waals surface area contributed by atoms with Gasteiger partial charge in [-0.1, -0.05) is 0 Å². The van der Waals surface area contributed by atoms with Crippen molar-refractivity contribution < 1.29 is 13.9 Å². The predicted molar refractivity (Wildman–Crippen MR) is 103 cm³/mol. The lowest BCUT2D eigenvalue weighted by molar-refractivity contribution is -0.116. The summed E-state index contributed by atoms with van der Waals surface area (Å²) in [5, 5.41) is 2.60. The van der Waals surface area contributed by atoms with Gasteiger partial charge in [0.2, 0.25) is 5.91 Å². The minimum absolute atomic E-state index is 0.0392. The Morgan fingerprint density at radius 2 is 2.14 bits per heavy atom. The molecule has 0 aliphatic rings. The Morgan fingerprint density at radius 1 is 1.32 bits per heavy atom. The van der Waals surface area contributed by atoms with Crippen molar-refractivity contribution in [3.05, 3.63) is 70.2 Å². The van der Waals surface area contributed by atoms with Gasteiger partial charge >= 0.3 is 0 Å². The van der Waals surface area contributed by atoms with Crippen molar-refractivity contribution in [2.75, 3.05) is 12.4 Å². The second-order valence-electron chi connectivity index (χ2n) is 6.11. The van der Waals surface area contributed by atoms with Crippen molar-refractivity contribution in [1.29, 1.82) is 0 Å². The summed E-state index contributed by atoms with van der Waals surface area (Å²) in [6.45, 7) is 1.72. The third-order valence-electron chi connectivity index (χ3n) is 4.19. The van der Waals surface area contributed by atoms with Crippen LogP contribution in [0.25, 0.3) is 11.4 Å². The van der Waals surface area contributed by atoms with E-state index >= 15 is 0 Å². The third-order valence-corrected chi connectivity index (χ3v) is 4.19. The smallest absolute Gasteiger partial charge is 0.254 e. The summed E-state index contributed by atoms with van der Waals surface area (Å²) in [5.41, 5.74) is 1.60. The van der Waals surface area contributed by atoms with Crippen LogP contribution in [0.1, 0.15) is 17.7 Å². The summed E-state index contributed by atoms with van der Waals surface area (Å²) in [6, 6.07) is 7.40. The molecule has 28 heavy (non-hydrogen) atoms. The molecule has 3 aromatic rings. The average molecular weight is 382 g/mol. The molecule has 0 spiro atoms. The van der Waals surface area contributed by atoms with Crippen LogP contribution in [0.4, 0.5) is 10.1 Å². The third kappa shape index (κ3) is 4.40. The number of rotatable bonds is 6. The van der Waals surface area contributed by atoms with E-state index in [2.05, 4.69) is 20.3 Å². The number of halogens is 1. The van der Waals surface area contributed by atoms with Crippen LogP contribution < -0.4 is 15.6 Å². The van der Waals surface area contributed by atoms with Crippen molar-refractivity contribution in [3.63, 3.8) is 0 Å². The number of hydrogen-bond donors (Lipinski definition) is 2. The normalized spacial score (nSPS) is 10.5. The number of nitrogens with one attached hydrogen (secondary N) is 2. The molecule has 0 saturated heterocycles. The van der Waals surface area contributed by atoms with Gasteiger partial charge in [0, 0.05) is 41.7 Å². The van der Waals surface area contributed by atoms with Gasteiger partial charge in [-0.15, -0.1) is 0 Å². The first-order chi connectivity index (χ1) is 13.5. The number of hydrogen-bond acceptors (Lipinski definition) is 5. The number of carbonyl (C=O) groups excluding carboxylic acids is 1. The first-order valence-electron chi connectivity index (χ1n) is 8.61. The summed E-state index contributed by atoms with van der Waals surface area (Å²) >= 11 is 0. The fraction of sp³-hybridized carbons (Fsp3) is 0.200. The monoisotopic (exact) mass is 382 g/mol. The van der Waals surface area contributed by atoms with Crippen LogP contribution in [-0.4, -0.2) is 28.0 Å². The molecular weight excluding hydrogens is 363 g/mol. The van der Waals surface area contributed by atoms with Crippen LogP contribution in [0.2, 0.25) is 0 Å². The number of nitrogens with zero attached hydrogens (tertiary/aromatic N) is 2. The molecule has 7 nitrogen and oxygen atoms in total. The van der Waals surface area contributed by atoms with Crippen molar-refractivity contribution in [1.82, 2.24) is 15.0 Å². The van der Waals surface area contributed by atoms with Crippen LogP contribution >= 0.6 is 0 Å². The SMILES string of the molecule is COc1ccc(F)cc1NC(=O)CCc1c(C)nc(-c2cccnc2)[nH]c1=O. The fourth-order valence-electron chi connectivity index (χ4n) is 2.77. The zero-order chi connectivity index (χ0) is 20.1. The number of amides is 1. The Kier molecular flexibility index (Phi) is 5.78. The lowest BCUT2D eigenvalue weighted by Crippen LogP contribution is -2.20. The van der Waals surface area contributed by atoms with E-state index in [0.717, 1.165) is 0 Å². The molecule has 3 rings (SSSR count). The standard InChI is InChI=1S/C20H19FN4O3/c1-12-15(20(27)25-19(23-12)13-4-3-9-22-11-13)6-8-18(26)24-16-10-14(21)5-7-17(16)28-2/h3-5,7,9-11H,6,8H2,1-2H3,(H,24,26)(H,23,25,27). The molecule has 1 amide bonds. The number of aromatic nitrogens is 3. The van der Waals surface area contributed by atoms with Crippen molar-refractivity contribution in [2.45, 2.75) is 19.8 Å². The van der Waals surface area contributed by atoms with Gasteiger partial charge in [0.1, 0.15) is 17.4 Å². The highest BCUT2D eigenvalue weighted by atomic mass is 19.1. The van der Waals surface area contributed by atoms with Crippen molar-refractivity contribution >= 4 is 11.6 Å². The van der Waals surface area contributed by atoms with E-state index in [1.165, 1.54) is 25.3 Å². The highest BCUT2D eigenvalue weighted by molar-refractivity contribution is 5.92. The minimum atomic E-state index is -0.487. The molecule has 2 aromatic heterocycles. The quantitative estimate of drug-likeness (QED) is 0.683. The maximum absolute atomic E-state index is 13.4. The highest BCUT2D eigenvalue weighted by Crippen LogP contribution is 2.25. The Labute approximate surface area is 160 Å². The molecule has 0 radical (unpaired) electrons. The zero-order valence-corrected chi connectivity index (χ0v) is 15.5. The molecule has 8 heteroatoms. The maximum atomic E-state index is 13.4. The van der Waals surface area contributed by atoms with Gasteiger partial charge < -0.3 is 15.0 Å². The largest absolute Gasteiger partial charge is 0.495 e. The first-order valence-corrected chi connectivity index (χ1v) is 8.61. The van der Waals surface area contributed by atoms with Crippen molar-refractivity contribution in [3.8, 4) is 17.1 Å². The molecular formula is C20H19FN4O3. The van der Waals surface area contributed by atoms with E-state index in [9.17, 15) is 14.0 Å². The summed E-state index contributed by atoms with van der Waals surface area (Å²) in [4.78, 5) is 35.8. The van der Waals surface area contributed by atoms with Gasteiger partial charge in [0.25, 0.3) is 5.56 Å². The van der Waals surface area contributed by atoms with Crippen LogP contribution in [0.15, 0.2) is 47.5 Å². The number of pyridine rings is 1. The van der Waals surface area contributed by atoms with Gasteiger partial charge in [-0.25, -0.2) is 9.37 Å². The number of carbonyl (C=O) groups is 1. The number of benzene rings is 1. The highest BCUT2D eigenvalue weighted by Gasteiger charge is 2.13. The van der Waals surface area contributed by atoms with E-state index in [1.807, 2.05) is 0 Å². The van der Waals surface area contributed by atoms with Crippen LogP contribution in [0, 0.1) is 12.7 Å². The molecule has 0 aliphatic carbocycles. The topological polar surface area (TPSA) is 97.0 Å². The van der Waals surface area contributed by atoms with E-state index in [1.54, 1.807) is 31.5 Å². The minimum Gasteiger partial charge on any atom is -0.495 e. The van der Waals surface area contributed by atoms with Gasteiger partial charge in [-0.2, -0.15) is 0 Å².